The standard InChI is InChI=1S/C10H15IN4O2/c1-17-5-4-13-9(16)2-3-14-10-8(11)6-12-7-15-10/h6-7H,2-5H2,1H3,(H,13,16)(H,12,14,15). The van der Waals surface area contributed by atoms with Crippen molar-refractivity contribution in [2.24, 2.45) is 0 Å². The Balaban J connectivity index is 2.19. The van der Waals surface area contributed by atoms with Gasteiger partial charge in [0.15, 0.2) is 0 Å². The molecule has 2 N–H and O–H groups in total. The second-order valence-electron chi connectivity index (χ2n) is 3.24. The van der Waals surface area contributed by atoms with Crippen LogP contribution in [0.25, 0.3) is 0 Å². The predicted molar refractivity (Wildman–Crippen MR) is 72.7 cm³/mol. The number of ether oxygens (including phenoxy) is 1. The van der Waals surface area contributed by atoms with Crippen LogP contribution in [0.2, 0.25) is 0 Å². The van der Waals surface area contributed by atoms with Crippen molar-refractivity contribution in [2.75, 3.05) is 32.1 Å². The average molecular weight is 350 g/mol. The number of rotatable bonds is 7. The smallest absolute Gasteiger partial charge is 0.221 e. The van der Waals surface area contributed by atoms with Gasteiger partial charge in [0.1, 0.15) is 12.1 Å². The Morgan fingerprint density at radius 3 is 3.06 bits per heavy atom. The Morgan fingerprint density at radius 1 is 1.53 bits per heavy atom. The minimum absolute atomic E-state index is 0.00128. The number of carbonyl (C=O) groups is 1. The van der Waals surface area contributed by atoms with Crippen LogP contribution in [0.4, 0.5) is 5.82 Å². The molecule has 6 nitrogen and oxygen atoms in total. The second kappa shape index (κ2) is 8.18. The number of aromatic nitrogens is 2. The van der Waals surface area contributed by atoms with Gasteiger partial charge in [0.2, 0.25) is 5.91 Å². The average Bonchev–Trinajstić information content (AvgIpc) is 2.32. The van der Waals surface area contributed by atoms with Gasteiger partial charge in [-0.1, -0.05) is 0 Å². The Kier molecular flexibility index (Phi) is 6.78. The van der Waals surface area contributed by atoms with Gasteiger partial charge in [-0.2, -0.15) is 0 Å². The van der Waals surface area contributed by atoms with Crippen LogP contribution in [0.15, 0.2) is 12.5 Å². The lowest BCUT2D eigenvalue weighted by molar-refractivity contribution is -0.121. The number of anilines is 1. The number of nitrogens with zero attached hydrogens (tertiary/aromatic N) is 2. The minimum Gasteiger partial charge on any atom is -0.383 e. The molecule has 0 aliphatic rings. The highest BCUT2D eigenvalue weighted by atomic mass is 127. The number of hydrogen-bond donors (Lipinski definition) is 2. The van der Waals surface area contributed by atoms with E-state index < -0.39 is 0 Å². The molecule has 0 radical (unpaired) electrons. The van der Waals surface area contributed by atoms with Crippen LogP contribution in [-0.2, 0) is 9.53 Å². The molecular weight excluding hydrogens is 335 g/mol. The highest BCUT2D eigenvalue weighted by Gasteiger charge is 2.02. The molecule has 0 saturated heterocycles. The Labute approximate surface area is 114 Å². The van der Waals surface area contributed by atoms with Crippen LogP contribution in [0.1, 0.15) is 6.42 Å². The molecule has 0 saturated carbocycles. The maximum absolute atomic E-state index is 11.4. The van der Waals surface area contributed by atoms with Crippen molar-refractivity contribution in [1.29, 1.82) is 0 Å². The molecule has 0 aromatic carbocycles. The molecule has 1 aromatic rings. The molecule has 7 heteroatoms. The van der Waals surface area contributed by atoms with E-state index in [9.17, 15) is 4.79 Å². The first-order valence-corrected chi connectivity index (χ1v) is 6.27. The van der Waals surface area contributed by atoms with Crippen LogP contribution >= 0.6 is 22.6 Å². The zero-order valence-corrected chi connectivity index (χ0v) is 11.7. The Morgan fingerprint density at radius 2 is 2.35 bits per heavy atom. The topological polar surface area (TPSA) is 76.1 Å². The maximum Gasteiger partial charge on any atom is 0.221 e. The Hall–Kier alpha value is -0.960. The summed E-state index contributed by atoms with van der Waals surface area (Å²) in [7, 11) is 1.60. The van der Waals surface area contributed by atoms with Crippen molar-refractivity contribution in [3.8, 4) is 0 Å². The first-order valence-electron chi connectivity index (χ1n) is 5.19. The third kappa shape index (κ3) is 5.78. The lowest BCUT2D eigenvalue weighted by Crippen LogP contribution is -2.28. The van der Waals surface area contributed by atoms with Crippen LogP contribution in [0.3, 0.4) is 0 Å². The van der Waals surface area contributed by atoms with Gasteiger partial charge >= 0.3 is 0 Å². The van der Waals surface area contributed by atoms with E-state index in [0.29, 0.717) is 26.1 Å². The van der Waals surface area contributed by atoms with E-state index in [0.717, 1.165) is 9.39 Å². The van der Waals surface area contributed by atoms with Crippen LogP contribution in [-0.4, -0.2) is 42.7 Å². The molecular formula is C10H15IN4O2. The number of hydrogen-bond acceptors (Lipinski definition) is 5. The summed E-state index contributed by atoms with van der Waals surface area (Å²) in [6.07, 6.45) is 3.60. The summed E-state index contributed by atoms with van der Waals surface area (Å²) in [4.78, 5) is 19.3. The van der Waals surface area contributed by atoms with Crippen molar-refractivity contribution >= 4 is 34.3 Å². The van der Waals surface area contributed by atoms with Crippen LogP contribution in [0.5, 0.6) is 0 Å². The molecule has 1 aromatic heterocycles. The van der Waals surface area contributed by atoms with Crippen molar-refractivity contribution in [3.63, 3.8) is 0 Å². The van der Waals surface area contributed by atoms with Gasteiger partial charge in [0.05, 0.1) is 10.2 Å². The summed E-state index contributed by atoms with van der Waals surface area (Å²) in [6, 6.07) is 0. The predicted octanol–water partition coefficient (Wildman–Crippen LogP) is 0.646. The summed E-state index contributed by atoms with van der Waals surface area (Å²) in [6.45, 7) is 1.62. The van der Waals surface area contributed by atoms with Crippen LogP contribution < -0.4 is 10.6 Å². The molecule has 0 spiro atoms. The molecule has 17 heavy (non-hydrogen) atoms. The molecule has 0 unspecified atom stereocenters. The van der Waals surface area contributed by atoms with Gasteiger partial charge in [-0.05, 0) is 22.6 Å². The second-order valence-corrected chi connectivity index (χ2v) is 4.40. The molecule has 1 amide bonds. The minimum atomic E-state index is -0.00128. The van der Waals surface area contributed by atoms with E-state index >= 15 is 0 Å². The highest BCUT2D eigenvalue weighted by molar-refractivity contribution is 14.1. The van der Waals surface area contributed by atoms with E-state index in [1.54, 1.807) is 13.3 Å². The van der Waals surface area contributed by atoms with Gasteiger partial charge in [0.25, 0.3) is 0 Å². The van der Waals surface area contributed by atoms with Crippen LogP contribution in [0, 0.1) is 3.57 Å². The molecule has 1 heterocycles. The van der Waals surface area contributed by atoms with E-state index in [-0.39, 0.29) is 5.91 Å². The lowest BCUT2D eigenvalue weighted by atomic mass is 10.4. The molecule has 94 valence electrons. The maximum atomic E-state index is 11.4. The van der Waals surface area contributed by atoms with Gasteiger partial charge < -0.3 is 15.4 Å². The number of methoxy groups -OCH3 is 1. The van der Waals surface area contributed by atoms with Gasteiger partial charge in [-0.3, -0.25) is 4.79 Å². The fraction of sp³-hybridized carbons (Fsp3) is 0.500. The Bertz CT molecular complexity index is 362. The summed E-state index contributed by atoms with van der Waals surface area (Å²) in [5.41, 5.74) is 0. The molecule has 0 fully saturated rings. The van der Waals surface area contributed by atoms with Gasteiger partial charge in [-0.25, -0.2) is 9.97 Å². The monoisotopic (exact) mass is 350 g/mol. The fourth-order valence-electron chi connectivity index (χ4n) is 1.12. The number of halogens is 1. The van der Waals surface area contributed by atoms with Crippen molar-refractivity contribution in [3.05, 3.63) is 16.1 Å². The zero-order chi connectivity index (χ0) is 12.5. The largest absolute Gasteiger partial charge is 0.383 e. The summed E-state index contributed by atoms with van der Waals surface area (Å²) >= 11 is 2.14. The molecule has 0 bridgehead atoms. The molecule has 0 atom stereocenters. The highest BCUT2D eigenvalue weighted by Crippen LogP contribution is 2.11. The number of nitrogens with one attached hydrogen (secondary N) is 2. The molecule has 0 aliphatic heterocycles. The van der Waals surface area contributed by atoms with Crippen molar-refractivity contribution in [2.45, 2.75) is 6.42 Å². The number of amides is 1. The van der Waals surface area contributed by atoms with E-state index in [4.69, 9.17) is 4.74 Å². The van der Waals surface area contributed by atoms with Gasteiger partial charge in [-0.15, -0.1) is 0 Å². The van der Waals surface area contributed by atoms with E-state index in [1.165, 1.54) is 6.33 Å². The van der Waals surface area contributed by atoms with Crippen molar-refractivity contribution in [1.82, 2.24) is 15.3 Å². The lowest BCUT2D eigenvalue weighted by Gasteiger charge is -2.07. The summed E-state index contributed by atoms with van der Waals surface area (Å²) in [5.74, 6) is 0.754. The van der Waals surface area contributed by atoms with Gasteiger partial charge in [0, 0.05) is 32.8 Å². The fourth-order valence-corrected chi connectivity index (χ4v) is 1.61. The first kappa shape index (κ1) is 14.1. The zero-order valence-electron chi connectivity index (χ0n) is 9.57. The SMILES string of the molecule is COCCNC(=O)CCNc1ncncc1I. The molecule has 1 rings (SSSR count). The first-order chi connectivity index (χ1) is 8.24. The quantitative estimate of drug-likeness (QED) is 0.558. The van der Waals surface area contributed by atoms with E-state index in [1.807, 2.05) is 0 Å². The molecule has 0 aliphatic carbocycles. The van der Waals surface area contributed by atoms with E-state index in [2.05, 4.69) is 43.2 Å². The third-order valence-corrected chi connectivity index (χ3v) is 2.73. The van der Waals surface area contributed by atoms with Crippen molar-refractivity contribution < 1.29 is 9.53 Å². The normalized spacial score (nSPS) is 10.0. The number of carbonyl (C=O) groups excluding carboxylic acids is 1. The third-order valence-electron chi connectivity index (χ3n) is 1.94. The summed E-state index contributed by atoms with van der Waals surface area (Å²) < 4.78 is 5.77. The summed E-state index contributed by atoms with van der Waals surface area (Å²) in [5, 5.41) is 5.83.